The molecule has 4 nitrogen and oxygen atoms in total. The minimum absolute atomic E-state index is 0.135. The quantitative estimate of drug-likeness (QED) is 0.735. The molecule has 0 aromatic carbocycles. The predicted molar refractivity (Wildman–Crippen MR) is 95.8 cm³/mol. The van der Waals surface area contributed by atoms with Crippen LogP contribution >= 0.6 is 0 Å². The molecule has 0 aliphatic carbocycles. The molecule has 130 valence electrons. The fourth-order valence-electron chi connectivity index (χ4n) is 3.72. The van der Waals surface area contributed by atoms with Crippen LogP contribution in [0.25, 0.3) is 0 Å². The molecule has 0 aromatic rings. The van der Waals surface area contributed by atoms with Crippen LogP contribution in [0.1, 0.15) is 53.9 Å². The van der Waals surface area contributed by atoms with Gasteiger partial charge in [-0.1, -0.05) is 0 Å². The zero-order chi connectivity index (χ0) is 17.0. The van der Waals surface area contributed by atoms with E-state index in [1.807, 2.05) is 13.3 Å². The van der Waals surface area contributed by atoms with Gasteiger partial charge in [-0.2, -0.15) is 0 Å². The Morgan fingerprint density at radius 3 is 2.41 bits per heavy atom. The molecule has 4 heteroatoms. The van der Waals surface area contributed by atoms with Crippen molar-refractivity contribution >= 4 is 6.21 Å². The summed E-state index contributed by atoms with van der Waals surface area (Å²) in [5.74, 6) is 0.571. The average molecular weight is 312 g/mol. The third-order valence-electron chi connectivity index (χ3n) is 5.31. The fraction of sp³-hybridized carbons (Fsp3) is 0.944. The summed E-state index contributed by atoms with van der Waals surface area (Å²) in [6.07, 6.45) is 5.30. The van der Waals surface area contributed by atoms with Crippen LogP contribution in [0, 0.1) is 5.92 Å². The standard InChI is InChI=1S/C18H37N3O/c1-17(2,3)21-12-9-15(16(21)14-22)13-18(4,5)20(7)11-8-10-19-6/h10,15-16,22H,8-9,11-14H2,1-7H3/b19-10+. The topological polar surface area (TPSA) is 39.1 Å². The zero-order valence-corrected chi connectivity index (χ0v) is 15.8. The first-order valence-corrected chi connectivity index (χ1v) is 8.63. The maximum atomic E-state index is 9.91. The van der Waals surface area contributed by atoms with E-state index in [9.17, 15) is 5.11 Å². The minimum Gasteiger partial charge on any atom is -0.395 e. The van der Waals surface area contributed by atoms with E-state index < -0.39 is 0 Å². The molecule has 0 saturated carbocycles. The molecule has 1 fully saturated rings. The van der Waals surface area contributed by atoms with E-state index in [4.69, 9.17) is 0 Å². The number of hydrogen-bond donors (Lipinski definition) is 1. The normalized spacial score (nSPS) is 24.8. The van der Waals surface area contributed by atoms with Gasteiger partial charge in [-0.05, 0) is 79.6 Å². The Labute approximate surface area is 137 Å². The van der Waals surface area contributed by atoms with Gasteiger partial charge in [-0.3, -0.25) is 4.90 Å². The number of rotatable bonds is 7. The third kappa shape index (κ3) is 5.04. The van der Waals surface area contributed by atoms with Crippen molar-refractivity contribution in [3.05, 3.63) is 0 Å². The van der Waals surface area contributed by atoms with E-state index in [0.717, 1.165) is 25.9 Å². The number of likely N-dealkylation sites (tertiary alicyclic amines) is 1. The van der Waals surface area contributed by atoms with Gasteiger partial charge >= 0.3 is 0 Å². The Bertz CT molecular complexity index is 360. The highest BCUT2D eigenvalue weighted by atomic mass is 16.3. The number of hydrogen-bond acceptors (Lipinski definition) is 4. The number of aliphatic hydroxyl groups is 1. The first-order valence-electron chi connectivity index (χ1n) is 8.63. The van der Waals surface area contributed by atoms with Crippen LogP contribution in [-0.2, 0) is 0 Å². The molecule has 1 rings (SSSR count). The van der Waals surface area contributed by atoms with Gasteiger partial charge in [0.15, 0.2) is 0 Å². The van der Waals surface area contributed by atoms with Crippen LogP contribution in [0.5, 0.6) is 0 Å². The van der Waals surface area contributed by atoms with Crippen molar-refractivity contribution in [1.29, 1.82) is 0 Å². The Hall–Kier alpha value is -0.450. The van der Waals surface area contributed by atoms with Gasteiger partial charge < -0.3 is 15.0 Å². The van der Waals surface area contributed by atoms with Crippen LogP contribution in [0.2, 0.25) is 0 Å². The summed E-state index contributed by atoms with van der Waals surface area (Å²) in [7, 11) is 4.03. The summed E-state index contributed by atoms with van der Waals surface area (Å²) in [6.45, 7) is 13.8. The van der Waals surface area contributed by atoms with Crippen LogP contribution in [0.3, 0.4) is 0 Å². The monoisotopic (exact) mass is 311 g/mol. The van der Waals surface area contributed by atoms with E-state index in [-0.39, 0.29) is 17.7 Å². The van der Waals surface area contributed by atoms with Crippen molar-refractivity contribution in [2.24, 2.45) is 10.9 Å². The van der Waals surface area contributed by atoms with Gasteiger partial charge in [0.25, 0.3) is 0 Å². The smallest absolute Gasteiger partial charge is 0.0589 e. The summed E-state index contributed by atoms with van der Waals surface area (Å²) in [6, 6.07) is 0.296. The Morgan fingerprint density at radius 2 is 1.91 bits per heavy atom. The minimum atomic E-state index is 0.135. The molecule has 1 saturated heterocycles. The maximum Gasteiger partial charge on any atom is 0.0589 e. The second kappa shape index (κ2) is 7.89. The van der Waals surface area contributed by atoms with Crippen LogP contribution < -0.4 is 0 Å². The maximum absolute atomic E-state index is 9.91. The van der Waals surface area contributed by atoms with E-state index in [1.165, 1.54) is 6.42 Å². The van der Waals surface area contributed by atoms with Gasteiger partial charge in [0.2, 0.25) is 0 Å². The first kappa shape index (κ1) is 19.6. The molecule has 2 atom stereocenters. The molecule has 22 heavy (non-hydrogen) atoms. The lowest BCUT2D eigenvalue weighted by atomic mass is 9.84. The first-order chi connectivity index (χ1) is 10.1. The summed E-state index contributed by atoms with van der Waals surface area (Å²) < 4.78 is 0. The number of aliphatic imine (C=N–C) groups is 1. The van der Waals surface area contributed by atoms with Crippen LogP contribution in [-0.4, -0.2) is 72.0 Å². The second-order valence-corrected chi connectivity index (χ2v) is 8.33. The van der Waals surface area contributed by atoms with E-state index in [1.54, 1.807) is 0 Å². The van der Waals surface area contributed by atoms with Crippen molar-refractivity contribution in [1.82, 2.24) is 9.80 Å². The Kier molecular flexibility index (Phi) is 7.03. The lowest BCUT2D eigenvalue weighted by molar-refractivity contribution is 0.0468. The SMILES string of the molecule is C/N=C/CCN(C)C(C)(C)CC1CCN(C(C)(C)C)C1CO. The zero-order valence-electron chi connectivity index (χ0n) is 15.8. The lowest BCUT2D eigenvalue weighted by Crippen LogP contribution is -2.50. The predicted octanol–water partition coefficient (Wildman–Crippen LogP) is 2.66. The molecule has 0 spiro atoms. The molecule has 2 unspecified atom stereocenters. The molecule has 0 radical (unpaired) electrons. The lowest BCUT2D eigenvalue weighted by Gasteiger charge is -2.41. The molecule has 0 bridgehead atoms. The highest BCUT2D eigenvalue weighted by Gasteiger charge is 2.41. The molecule has 1 N–H and O–H groups in total. The molecular formula is C18H37N3O. The van der Waals surface area contributed by atoms with Crippen molar-refractivity contribution in [3.8, 4) is 0 Å². The van der Waals surface area contributed by atoms with Gasteiger partial charge in [0.1, 0.15) is 0 Å². The molecule has 1 heterocycles. The number of nitrogens with zero attached hydrogens (tertiary/aromatic N) is 3. The third-order valence-corrected chi connectivity index (χ3v) is 5.31. The van der Waals surface area contributed by atoms with Crippen molar-refractivity contribution in [2.45, 2.75) is 71.0 Å². The van der Waals surface area contributed by atoms with E-state index >= 15 is 0 Å². The molecule has 0 amide bonds. The van der Waals surface area contributed by atoms with Crippen molar-refractivity contribution in [3.63, 3.8) is 0 Å². The largest absolute Gasteiger partial charge is 0.395 e. The van der Waals surface area contributed by atoms with E-state index in [2.05, 4.69) is 56.5 Å². The highest BCUT2D eigenvalue weighted by Crippen LogP contribution is 2.36. The van der Waals surface area contributed by atoms with Gasteiger partial charge in [-0.15, -0.1) is 0 Å². The molecule has 1 aliphatic heterocycles. The van der Waals surface area contributed by atoms with Gasteiger partial charge in [0, 0.05) is 30.7 Å². The molecule has 0 aromatic heterocycles. The average Bonchev–Trinajstić information content (AvgIpc) is 2.80. The van der Waals surface area contributed by atoms with E-state index in [0.29, 0.717) is 12.0 Å². The molecular weight excluding hydrogens is 274 g/mol. The summed E-state index contributed by atoms with van der Waals surface area (Å²) in [4.78, 5) is 8.98. The number of aliphatic hydroxyl groups excluding tert-OH is 1. The van der Waals surface area contributed by atoms with Crippen molar-refractivity contribution in [2.75, 3.05) is 33.8 Å². The fourth-order valence-corrected chi connectivity index (χ4v) is 3.72. The van der Waals surface area contributed by atoms with Crippen LogP contribution in [0.4, 0.5) is 0 Å². The Balaban J connectivity index is 2.68. The second-order valence-electron chi connectivity index (χ2n) is 8.33. The van der Waals surface area contributed by atoms with Gasteiger partial charge in [-0.25, -0.2) is 0 Å². The highest BCUT2D eigenvalue weighted by molar-refractivity contribution is 5.56. The van der Waals surface area contributed by atoms with Crippen molar-refractivity contribution < 1.29 is 5.11 Å². The van der Waals surface area contributed by atoms with Gasteiger partial charge in [0.05, 0.1) is 6.61 Å². The Morgan fingerprint density at radius 1 is 1.27 bits per heavy atom. The van der Waals surface area contributed by atoms with Crippen LogP contribution in [0.15, 0.2) is 4.99 Å². The summed E-state index contributed by atoms with van der Waals surface area (Å²) in [5.41, 5.74) is 0.281. The molecule has 1 aliphatic rings. The summed E-state index contributed by atoms with van der Waals surface area (Å²) >= 11 is 0. The summed E-state index contributed by atoms with van der Waals surface area (Å²) in [5, 5.41) is 9.91.